The van der Waals surface area contributed by atoms with Gasteiger partial charge in [-0.1, -0.05) is 25.9 Å². The van der Waals surface area contributed by atoms with Gasteiger partial charge in [0.15, 0.2) is 5.82 Å². The summed E-state index contributed by atoms with van der Waals surface area (Å²) in [5, 5.41) is 3.91. The Bertz CT molecular complexity index is 1030. The van der Waals surface area contributed by atoms with Crippen LogP contribution in [0.3, 0.4) is 0 Å². The van der Waals surface area contributed by atoms with Gasteiger partial charge >= 0.3 is 6.18 Å². The Labute approximate surface area is 183 Å². The van der Waals surface area contributed by atoms with E-state index in [-0.39, 0.29) is 37.4 Å². The SMILES string of the molecule is CC1COCCN1c1cc(=O)n2c(n1)N(Cc1nc(C(C)(C)C)no1)C(C(F)(F)F)CC2. The molecule has 2 aromatic rings. The van der Waals surface area contributed by atoms with Gasteiger partial charge in [-0.2, -0.15) is 23.1 Å². The van der Waals surface area contributed by atoms with E-state index < -0.39 is 23.2 Å². The number of nitrogens with zero attached hydrogens (tertiary/aromatic N) is 6. The molecule has 176 valence electrons. The zero-order chi connectivity index (χ0) is 23.3. The van der Waals surface area contributed by atoms with Crippen LogP contribution in [0.4, 0.5) is 24.9 Å². The second-order valence-corrected chi connectivity index (χ2v) is 9.26. The number of rotatable bonds is 3. The van der Waals surface area contributed by atoms with E-state index in [0.29, 0.717) is 31.4 Å². The number of hydrogen-bond acceptors (Lipinski definition) is 8. The van der Waals surface area contributed by atoms with Crippen molar-refractivity contribution in [3.63, 3.8) is 0 Å². The van der Waals surface area contributed by atoms with Crippen molar-refractivity contribution in [3.8, 4) is 0 Å². The molecule has 0 bridgehead atoms. The topological polar surface area (TPSA) is 89.5 Å². The molecule has 0 aromatic carbocycles. The fourth-order valence-electron chi connectivity index (χ4n) is 3.96. The molecule has 12 heteroatoms. The van der Waals surface area contributed by atoms with Gasteiger partial charge in [0.25, 0.3) is 5.56 Å². The largest absolute Gasteiger partial charge is 0.408 e. The van der Waals surface area contributed by atoms with E-state index >= 15 is 0 Å². The third-order valence-electron chi connectivity index (χ3n) is 5.72. The molecule has 2 aromatic heterocycles. The summed E-state index contributed by atoms with van der Waals surface area (Å²) in [4.78, 5) is 24.6. The summed E-state index contributed by atoms with van der Waals surface area (Å²) < 4.78 is 53.8. The van der Waals surface area contributed by atoms with E-state index in [9.17, 15) is 18.0 Å². The highest BCUT2D eigenvalue weighted by Crippen LogP contribution is 2.35. The van der Waals surface area contributed by atoms with Crippen molar-refractivity contribution in [1.82, 2.24) is 19.7 Å². The molecule has 2 unspecified atom stereocenters. The molecular weight excluding hydrogens is 429 g/mol. The maximum Gasteiger partial charge on any atom is 0.408 e. The average molecular weight is 456 g/mol. The maximum atomic E-state index is 13.9. The lowest BCUT2D eigenvalue weighted by molar-refractivity contribution is -0.153. The van der Waals surface area contributed by atoms with Crippen LogP contribution in [0, 0.1) is 0 Å². The first-order chi connectivity index (χ1) is 14.9. The molecular formula is C20H27F3N6O3. The summed E-state index contributed by atoms with van der Waals surface area (Å²) in [6.45, 7) is 8.59. The van der Waals surface area contributed by atoms with Gasteiger partial charge in [0.1, 0.15) is 18.4 Å². The minimum Gasteiger partial charge on any atom is -0.377 e. The second kappa shape index (κ2) is 8.05. The first kappa shape index (κ1) is 22.6. The first-order valence-corrected chi connectivity index (χ1v) is 10.6. The zero-order valence-corrected chi connectivity index (χ0v) is 18.5. The molecule has 2 atom stereocenters. The van der Waals surface area contributed by atoms with Gasteiger partial charge in [0, 0.05) is 24.6 Å². The molecule has 32 heavy (non-hydrogen) atoms. The van der Waals surface area contributed by atoms with Crippen molar-refractivity contribution in [3.05, 3.63) is 28.1 Å². The highest BCUT2D eigenvalue weighted by atomic mass is 19.4. The van der Waals surface area contributed by atoms with Crippen molar-refractivity contribution in [2.75, 3.05) is 29.6 Å². The summed E-state index contributed by atoms with van der Waals surface area (Å²) in [6, 6.07) is -0.502. The average Bonchev–Trinajstić information content (AvgIpc) is 3.17. The third kappa shape index (κ3) is 4.32. The predicted octanol–water partition coefficient (Wildman–Crippen LogP) is 2.49. The minimum absolute atomic E-state index is 0.0389. The van der Waals surface area contributed by atoms with Crippen molar-refractivity contribution in [1.29, 1.82) is 0 Å². The molecule has 4 rings (SSSR count). The van der Waals surface area contributed by atoms with E-state index in [2.05, 4.69) is 15.1 Å². The smallest absolute Gasteiger partial charge is 0.377 e. The lowest BCUT2D eigenvalue weighted by atomic mass is 9.96. The van der Waals surface area contributed by atoms with Gasteiger partial charge in [0.2, 0.25) is 11.8 Å². The highest BCUT2D eigenvalue weighted by Gasteiger charge is 2.47. The van der Waals surface area contributed by atoms with E-state index in [1.54, 1.807) is 0 Å². The van der Waals surface area contributed by atoms with E-state index in [1.807, 2.05) is 32.6 Å². The number of ether oxygens (including phenoxy) is 1. The molecule has 1 saturated heterocycles. The summed E-state index contributed by atoms with van der Waals surface area (Å²) >= 11 is 0. The van der Waals surface area contributed by atoms with Crippen LogP contribution < -0.4 is 15.4 Å². The Kier molecular flexibility index (Phi) is 5.68. The molecule has 2 aliphatic rings. The standard InChI is InChI=1S/C20H27F3N6O3/c1-12-11-31-8-7-27(12)14-9-16(30)28-6-5-13(20(21,22)23)29(18(28)24-14)10-15-25-17(26-32-15)19(2,3)4/h9,12-13H,5-8,10-11H2,1-4H3. The molecule has 1 fully saturated rings. The highest BCUT2D eigenvalue weighted by molar-refractivity contribution is 5.47. The predicted molar refractivity (Wildman–Crippen MR) is 110 cm³/mol. The Morgan fingerprint density at radius 2 is 1.94 bits per heavy atom. The monoisotopic (exact) mass is 456 g/mol. The zero-order valence-electron chi connectivity index (χ0n) is 18.5. The minimum atomic E-state index is -4.52. The van der Waals surface area contributed by atoms with Crippen LogP contribution in [0.25, 0.3) is 0 Å². The van der Waals surface area contributed by atoms with Gasteiger partial charge in [-0.25, -0.2) is 0 Å². The van der Waals surface area contributed by atoms with Crippen molar-refractivity contribution < 1.29 is 22.4 Å². The van der Waals surface area contributed by atoms with Crippen molar-refractivity contribution in [2.45, 2.75) is 70.9 Å². The van der Waals surface area contributed by atoms with Gasteiger partial charge < -0.3 is 19.1 Å². The van der Waals surface area contributed by atoms with E-state index in [4.69, 9.17) is 9.26 Å². The van der Waals surface area contributed by atoms with Crippen molar-refractivity contribution >= 4 is 11.8 Å². The first-order valence-electron chi connectivity index (χ1n) is 10.6. The van der Waals surface area contributed by atoms with Gasteiger partial charge in [-0.05, 0) is 13.3 Å². The number of fused-ring (bicyclic) bond motifs is 1. The van der Waals surface area contributed by atoms with E-state index in [1.165, 1.54) is 10.6 Å². The number of morpholine rings is 1. The molecule has 2 aliphatic heterocycles. The fourth-order valence-corrected chi connectivity index (χ4v) is 3.96. The number of anilines is 2. The number of alkyl halides is 3. The molecule has 0 N–H and O–H groups in total. The summed E-state index contributed by atoms with van der Waals surface area (Å²) in [5.74, 6) is 0.729. The molecule has 0 aliphatic carbocycles. The van der Waals surface area contributed by atoms with Crippen LogP contribution in [0.5, 0.6) is 0 Å². The van der Waals surface area contributed by atoms with Crippen LogP contribution in [-0.2, 0) is 23.2 Å². The fraction of sp³-hybridized carbons (Fsp3) is 0.700. The molecule has 0 amide bonds. The Morgan fingerprint density at radius 1 is 1.19 bits per heavy atom. The Hall–Kier alpha value is -2.63. The number of hydrogen-bond donors (Lipinski definition) is 0. The molecule has 9 nitrogen and oxygen atoms in total. The second-order valence-electron chi connectivity index (χ2n) is 9.26. The quantitative estimate of drug-likeness (QED) is 0.696. The van der Waals surface area contributed by atoms with Crippen LogP contribution in [0.1, 0.15) is 45.8 Å². The molecule has 4 heterocycles. The normalized spacial score (nSPS) is 22.2. The van der Waals surface area contributed by atoms with Crippen LogP contribution in [-0.4, -0.2) is 57.7 Å². The maximum absolute atomic E-state index is 13.9. The summed E-state index contributed by atoms with van der Waals surface area (Å²) in [7, 11) is 0. The van der Waals surface area contributed by atoms with Gasteiger partial charge in [-0.15, -0.1) is 0 Å². The summed E-state index contributed by atoms with van der Waals surface area (Å²) in [5.41, 5.74) is -0.810. The number of aromatic nitrogens is 4. The lowest BCUT2D eigenvalue weighted by Crippen LogP contribution is -2.52. The molecule has 0 saturated carbocycles. The third-order valence-corrected chi connectivity index (χ3v) is 5.72. The van der Waals surface area contributed by atoms with Gasteiger partial charge in [0.05, 0.1) is 19.3 Å². The van der Waals surface area contributed by atoms with Crippen LogP contribution >= 0.6 is 0 Å². The Morgan fingerprint density at radius 3 is 2.56 bits per heavy atom. The lowest BCUT2D eigenvalue weighted by Gasteiger charge is -2.39. The number of halogens is 3. The van der Waals surface area contributed by atoms with Crippen LogP contribution in [0.2, 0.25) is 0 Å². The van der Waals surface area contributed by atoms with Crippen molar-refractivity contribution in [2.24, 2.45) is 0 Å². The van der Waals surface area contributed by atoms with Gasteiger partial charge in [-0.3, -0.25) is 9.36 Å². The molecule has 0 radical (unpaired) electrons. The molecule has 0 spiro atoms. The Balaban J connectivity index is 1.76. The summed E-state index contributed by atoms with van der Waals surface area (Å²) in [6.07, 6.45) is -4.79. The van der Waals surface area contributed by atoms with Crippen LogP contribution in [0.15, 0.2) is 15.4 Å². The van der Waals surface area contributed by atoms with E-state index in [0.717, 1.165) is 4.90 Å².